The van der Waals surface area contributed by atoms with Crippen molar-refractivity contribution in [3.8, 4) is 5.75 Å². The van der Waals surface area contributed by atoms with Crippen LogP contribution in [-0.2, 0) is 9.59 Å². The second kappa shape index (κ2) is 9.99. The van der Waals surface area contributed by atoms with Gasteiger partial charge in [-0.05, 0) is 110 Å². The van der Waals surface area contributed by atoms with E-state index < -0.39 is 5.25 Å². The summed E-state index contributed by atoms with van der Waals surface area (Å²) in [5.41, 5.74) is 1.58. The number of aliphatic imine (C=N–C) groups is 1. The van der Waals surface area contributed by atoms with Crippen molar-refractivity contribution < 1.29 is 14.3 Å². The lowest BCUT2D eigenvalue weighted by atomic mass is 9.49. The number of halogens is 1. The van der Waals surface area contributed by atoms with Crippen molar-refractivity contribution in [3.63, 3.8) is 0 Å². The fourth-order valence-electron chi connectivity index (χ4n) is 7.34. The molecule has 2 amide bonds. The zero-order chi connectivity index (χ0) is 25.6. The molecule has 2 aromatic carbocycles. The number of ether oxygens (including phenoxy) is 1. The molecule has 2 aromatic rings. The van der Waals surface area contributed by atoms with Crippen molar-refractivity contribution in [2.75, 3.05) is 19.0 Å². The van der Waals surface area contributed by atoms with Gasteiger partial charge in [-0.15, -0.1) is 0 Å². The summed E-state index contributed by atoms with van der Waals surface area (Å²) in [5, 5.41) is 3.66. The molecule has 5 fully saturated rings. The van der Waals surface area contributed by atoms with Gasteiger partial charge in [-0.2, -0.15) is 0 Å². The molecule has 1 N–H and O–H groups in total. The number of benzene rings is 2. The van der Waals surface area contributed by atoms with Crippen LogP contribution in [0.2, 0.25) is 5.02 Å². The highest BCUT2D eigenvalue weighted by molar-refractivity contribution is 8.15. The molecule has 4 aliphatic carbocycles. The quantitative estimate of drug-likeness (QED) is 0.455. The van der Waals surface area contributed by atoms with Gasteiger partial charge in [0.1, 0.15) is 11.0 Å². The summed E-state index contributed by atoms with van der Waals surface area (Å²) in [6.45, 7) is 0.710. The lowest BCUT2D eigenvalue weighted by Crippen LogP contribution is -2.55. The molecule has 7 rings (SSSR count). The fraction of sp³-hybridized carbons (Fsp3) is 0.483. The Balaban J connectivity index is 1.24. The first-order valence-electron chi connectivity index (χ1n) is 13.1. The molecule has 1 aliphatic heterocycles. The van der Waals surface area contributed by atoms with Crippen LogP contribution in [0.15, 0.2) is 53.5 Å². The number of nitrogens with one attached hydrogen (secondary N) is 1. The predicted molar refractivity (Wildman–Crippen MR) is 148 cm³/mol. The van der Waals surface area contributed by atoms with E-state index in [1.165, 1.54) is 50.3 Å². The van der Waals surface area contributed by atoms with Crippen molar-refractivity contribution in [3.05, 3.63) is 53.6 Å². The summed E-state index contributed by atoms with van der Waals surface area (Å²) in [6, 6.07) is 14.5. The molecule has 0 radical (unpaired) electrons. The van der Waals surface area contributed by atoms with Gasteiger partial charge in [0.2, 0.25) is 11.8 Å². The molecule has 1 heterocycles. The normalized spacial score (nSPS) is 31.6. The smallest absolute Gasteiger partial charge is 0.238 e. The van der Waals surface area contributed by atoms with Gasteiger partial charge in [-0.1, -0.05) is 23.4 Å². The number of anilines is 1. The van der Waals surface area contributed by atoms with Gasteiger partial charge in [0.25, 0.3) is 0 Å². The van der Waals surface area contributed by atoms with Gasteiger partial charge in [-0.3, -0.25) is 14.5 Å². The Morgan fingerprint density at radius 3 is 2.27 bits per heavy atom. The number of amides is 2. The maximum absolute atomic E-state index is 13.6. The van der Waals surface area contributed by atoms with Crippen LogP contribution in [-0.4, -0.2) is 40.8 Å². The highest BCUT2D eigenvalue weighted by Crippen LogP contribution is 2.60. The monoisotopic (exact) mass is 537 g/mol. The summed E-state index contributed by atoms with van der Waals surface area (Å²) in [7, 11) is 1.61. The summed E-state index contributed by atoms with van der Waals surface area (Å²) in [5.74, 6) is 2.92. The zero-order valence-corrected chi connectivity index (χ0v) is 22.6. The summed E-state index contributed by atoms with van der Waals surface area (Å²) >= 11 is 7.48. The molecule has 0 unspecified atom stereocenters. The summed E-state index contributed by atoms with van der Waals surface area (Å²) in [6.07, 6.45) is 7.89. The van der Waals surface area contributed by atoms with E-state index in [1.807, 2.05) is 17.0 Å². The number of hydrogen-bond acceptors (Lipinski definition) is 5. The van der Waals surface area contributed by atoms with Crippen molar-refractivity contribution in [2.24, 2.45) is 28.2 Å². The molecule has 4 bridgehead atoms. The average Bonchev–Trinajstić information content (AvgIpc) is 2.87. The van der Waals surface area contributed by atoms with E-state index in [4.69, 9.17) is 21.3 Å². The van der Waals surface area contributed by atoms with Crippen LogP contribution in [0.1, 0.15) is 44.9 Å². The third-order valence-electron chi connectivity index (χ3n) is 8.50. The minimum Gasteiger partial charge on any atom is -0.497 e. The first-order chi connectivity index (χ1) is 17.9. The van der Waals surface area contributed by atoms with Crippen molar-refractivity contribution in [1.82, 2.24) is 4.90 Å². The fourth-order valence-corrected chi connectivity index (χ4v) is 8.56. The van der Waals surface area contributed by atoms with Crippen LogP contribution < -0.4 is 10.1 Å². The molecule has 37 heavy (non-hydrogen) atoms. The van der Waals surface area contributed by atoms with Crippen LogP contribution in [0.25, 0.3) is 0 Å². The van der Waals surface area contributed by atoms with E-state index in [-0.39, 0.29) is 23.7 Å². The van der Waals surface area contributed by atoms with Crippen LogP contribution >= 0.6 is 23.4 Å². The number of carbonyl (C=O) groups is 2. The van der Waals surface area contributed by atoms with Gasteiger partial charge in [-0.25, -0.2) is 4.99 Å². The van der Waals surface area contributed by atoms with Gasteiger partial charge < -0.3 is 10.1 Å². The maximum atomic E-state index is 13.6. The van der Waals surface area contributed by atoms with E-state index in [1.54, 1.807) is 43.5 Å². The molecular weight excluding hydrogens is 506 g/mol. The first kappa shape index (κ1) is 24.8. The van der Waals surface area contributed by atoms with Gasteiger partial charge >= 0.3 is 0 Å². The van der Waals surface area contributed by atoms with Crippen molar-refractivity contribution in [2.45, 2.75) is 50.2 Å². The number of carbonyl (C=O) groups excluding carboxylic acids is 2. The third kappa shape index (κ3) is 5.26. The first-order valence-corrected chi connectivity index (χ1v) is 14.4. The summed E-state index contributed by atoms with van der Waals surface area (Å²) < 4.78 is 5.20. The van der Waals surface area contributed by atoms with E-state index in [0.717, 1.165) is 29.2 Å². The minimum atomic E-state index is -0.548. The largest absolute Gasteiger partial charge is 0.497 e. The van der Waals surface area contributed by atoms with Gasteiger partial charge in [0.05, 0.1) is 12.8 Å². The average molecular weight is 538 g/mol. The zero-order valence-electron chi connectivity index (χ0n) is 21.0. The molecule has 8 heteroatoms. The molecular formula is C29H32ClN3O3S. The topological polar surface area (TPSA) is 71.0 Å². The molecule has 6 nitrogen and oxygen atoms in total. The Morgan fingerprint density at radius 1 is 1.05 bits per heavy atom. The molecule has 0 spiro atoms. The Bertz CT molecular complexity index is 1180. The van der Waals surface area contributed by atoms with Crippen LogP contribution in [0.5, 0.6) is 5.75 Å². The molecule has 5 aliphatic rings. The number of rotatable bonds is 6. The van der Waals surface area contributed by atoms with E-state index in [2.05, 4.69) is 5.32 Å². The lowest BCUT2D eigenvalue weighted by Gasteiger charge is -2.58. The highest BCUT2D eigenvalue weighted by atomic mass is 35.5. The number of methoxy groups -OCH3 is 1. The number of amidine groups is 1. The molecule has 1 saturated heterocycles. The van der Waals surface area contributed by atoms with Crippen LogP contribution in [0.3, 0.4) is 0 Å². The van der Waals surface area contributed by atoms with Crippen molar-refractivity contribution >= 4 is 51.7 Å². The Hall–Kier alpha value is -2.51. The van der Waals surface area contributed by atoms with E-state index in [9.17, 15) is 9.59 Å². The lowest BCUT2D eigenvalue weighted by molar-refractivity contribution is -0.133. The molecule has 194 valence electrons. The second-order valence-corrected chi connectivity index (χ2v) is 12.9. The third-order valence-corrected chi connectivity index (χ3v) is 9.94. The van der Waals surface area contributed by atoms with E-state index >= 15 is 0 Å². The van der Waals surface area contributed by atoms with Gasteiger partial charge in [0.15, 0.2) is 5.17 Å². The van der Waals surface area contributed by atoms with Crippen molar-refractivity contribution in [1.29, 1.82) is 0 Å². The highest BCUT2D eigenvalue weighted by Gasteiger charge is 2.52. The molecule has 4 saturated carbocycles. The number of nitrogens with zero attached hydrogens (tertiary/aromatic N) is 2. The SMILES string of the molecule is COc1ccc(NC(=O)[C@@H]2CC(=O)N(CC34CC5CC(CC(C5)C3)C4)C(=Nc3ccc(Cl)cc3)S2)cc1. The Labute approximate surface area is 227 Å². The van der Waals surface area contributed by atoms with Crippen LogP contribution in [0.4, 0.5) is 11.4 Å². The molecule has 0 aromatic heterocycles. The number of thioether (sulfide) groups is 1. The standard InChI is InChI=1S/C29H32ClN3O3S/c1-36-24-8-6-22(7-9-24)31-27(35)25-13-26(34)33(28(37-25)32-23-4-2-21(30)3-5-23)17-29-14-18-10-19(15-29)12-20(11-18)16-29/h2-9,18-20,25H,10-17H2,1H3,(H,31,35)/t18?,19?,20?,25-,29?/m0/s1. The maximum Gasteiger partial charge on any atom is 0.238 e. The number of hydrogen-bond donors (Lipinski definition) is 1. The second-order valence-electron chi connectivity index (χ2n) is 11.3. The minimum absolute atomic E-state index is 0.0166. The van der Waals surface area contributed by atoms with Gasteiger partial charge in [0, 0.05) is 23.7 Å². The van der Waals surface area contributed by atoms with Crippen LogP contribution in [0, 0.1) is 23.2 Å². The Kier molecular flexibility index (Phi) is 6.70. The summed E-state index contributed by atoms with van der Waals surface area (Å²) in [4.78, 5) is 33.6. The molecule has 1 atom stereocenters. The predicted octanol–water partition coefficient (Wildman–Crippen LogP) is 6.53. The van der Waals surface area contributed by atoms with E-state index in [0.29, 0.717) is 22.4 Å². The Morgan fingerprint density at radius 2 is 1.68 bits per heavy atom.